The summed E-state index contributed by atoms with van der Waals surface area (Å²) in [4.78, 5) is 7.93. The van der Waals surface area contributed by atoms with Crippen molar-refractivity contribution in [2.75, 3.05) is 52.9 Å². The third-order valence-corrected chi connectivity index (χ3v) is 6.35. The molecule has 20 heavy (non-hydrogen) atoms. The fourth-order valence-electron chi connectivity index (χ4n) is 4.98. The van der Waals surface area contributed by atoms with Gasteiger partial charge in [0.1, 0.15) is 0 Å². The Morgan fingerprint density at radius 3 is 2.50 bits per heavy atom. The second-order valence-electron chi connectivity index (χ2n) is 7.16. The van der Waals surface area contributed by atoms with Crippen molar-refractivity contribution in [1.29, 1.82) is 0 Å². The zero-order valence-electron chi connectivity index (χ0n) is 13.4. The highest BCUT2D eigenvalue weighted by Crippen LogP contribution is 2.39. The van der Waals surface area contributed by atoms with Gasteiger partial charge in [-0.3, -0.25) is 9.80 Å². The van der Waals surface area contributed by atoms with E-state index in [1.165, 1.54) is 65.0 Å². The number of nitrogens with zero attached hydrogens (tertiary/aromatic N) is 3. The Morgan fingerprint density at radius 1 is 1.20 bits per heavy atom. The molecular formula is C16H32N4. The topological polar surface area (TPSA) is 35.7 Å². The molecule has 4 heteroatoms. The van der Waals surface area contributed by atoms with Crippen LogP contribution in [-0.2, 0) is 0 Å². The van der Waals surface area contributed by atoms with Crippen LogP contribution in [0.15, 0.2) is 0 Å². The van der Waals surface area contributed by atoms with Crippen molar-refractivity contribution < 1.29 is 0 Å². The van der Waals surface area contributed by atoms with Crippen molar-refractivity contribution in [3.05, 3.63) is 0 Å². The summed E-state index contributed by atoms with van der Waals surface area (Å²) >= 11 is 0. The minimum absolute atomic E-state index is 0.249. The first kappa shape index (κ1) is 14.8. The maximum Gasteiger partial charge on any atom is 0.0485 e. The second-order valence-corrected chi connectivity index (χ2v) is 7.16. The van der Waals surface area contributed by atoms with Crippen LogP contribution in [0, 0.1) is 5.92 Å². The quantitative estimate of drug-likeness (QED) is 0.809. The van der Waals surface area contributed by atoms with Gasteiger partial charge in [0, 0.05) is 31.2 Å². The van der Waals surface area contributed by atoms with E-state index in [-0.39, 0.29) is 5.54 Å². The summed E-state index contributed by atoms with van der Waals surface area (Å²) in [6.45, 7) is 10.6. The summed E-state index contributed by atoms with van der Waals surface area (Å²) in [7, 11) is 2.33. The lowest BCUT2D eigenvalue weighted by atomic mass is 9.71. The molecule has 0 saturated carbocycles. The van der Waals surface area contributed by atoms with Crippen LogP contribution in [0.5, 0.6) is 0 Å². The molecule has 4 aliphatic heterocycles. The molecule has 0 spiro atoms. The van der Waals surface area contributed by atoms with Crippen molar-refractivity contribution in [1.82, 2.24) is 14.7 Å². The largest absolute Gasteiger partial charge is 0.329 e. The first-order chi connectivity index (χ1) is 9.69. The van der Waals surface area contributed by atoms with Crippen LogP contribution in [0.2, 0.25) is 0 Å². The summed E-state index contributed by atoms with van der Waals surface area (Å²) < 4.78 is 0. The molecule has 0 aliphatic carbocycles. The molecule has 4 fully saturated rings. The zero-order chi connectivity index (χ0) is 14.2. The van der Waals surface area contributed by atoms with Crippen LogP contribution in [0.25, 0.3) is 0 Å². The number of fused-ring (bicyclic) bond motifs is 3. The van der Waals surface area contributed by atoms with Crippen LogP contribution in [-0.4, -0.2) is 79.1 Å². The Bertz CT molecular complexity index is 326. The van der Waals surface area contributed by atoms with Crippen LogP contribution in [0.1, 0.15) is 32.6 Å². The highest BCUT2D eigenvalue weighted by molar-refractivity contribution is 5.06. The van der Waals surface area contributed by atoms with Crippen molar-refractivity contribution in [2.45, 2.75) is 44.2 Å². The monoisotopic (exact) mass is 280 g/mol. The van der Waals surface area contributed by atoms with Gasteiger partial charge >= 0.3 is 0 Å². The minimum atomic E-state index is 0.249. The molecule has 116 valence electrons. The van der Waals surface area contributed by atoms with Crippen LogP contribution >= 0.6 is 0 Å². The highest BCUT2D eigenvalue weighted by Gasteiger charge is 2.48. The average molecular weight is 280 g/mol. The molecule has 0 radical (unpaired) electrons. The minimum Gasteiger partial charge on any atom is -0.329 e. The Kier molecular flexibility index (Phi) is 4.37. The van der Waals surface area contributed by atoms with E-state index in [0.717, 1.165) is 18.5 Å². The first-order valence-electron chi connectivity index (χ1n) is 8.57. The molecule has 4 heterocycles. The molecule has 2 unspecified atom stereocenters. The fourth-order valence-corrected chi connectivity index (χ4v) is 4.98. The number of hydrogen-bond acceptors (Lipinski definition) is 4. The summed E-state index contributed by atoms with van der Waals surface area (Å²) in [5.74, 6) is 0.818. The van der Waals surface area contributed by atoms with E-state index < -0.39 is 0 Å². The van der Waals surface area contributed by atoms with Crippen molar-refractivity contribution >= 4 is 0 Å². The lowest BCUT2D eigenvalue weighted by Gasteiger charge is -2.57. The molecule has 0 amide bonds. The van der Waals surface area contributed by atoms with Crippen molar-refractivity contribution in [2.24, 2.45) is 11.7 Å². The summed E-state index contributed by atoms with van der Waals surface area (Å²) in [6, 6.07) is 0.754. The fraction of sp³-hybridized carbons (Fsp3) is 1.00. The van der Waals surface area contributed by atoms with E-state index in [2.05, 4.69) is 28.7 Å². The Balaban J connectivity index is 1.69. The molecule has 2 atom stereocenters. The van der Waals surface area contributed by atoms with Gasteiger partial charge in [-0.15, -0.1) is 0 Å². The third-order valence-electron chi connectivity index (χ3n) is 6.35. The van der Waals surface area contributed by atoms with Crippen LogP contribution in [0.3, 0.4) is 0 Å². The smallest absolute Gasteiger partial charge is 0.0485 e. The third kappa shape index (κ3) is 2.41. The van der Waals surface area contributed by atoms with Gasteiger partial charge in [0.15, 0.2) is 0 Å². The number of likely N-dealkylation sites (N-methyl/N-ethyl adjacent to an activating group) is 2. The molecule has 0 aromatic heterocycles. The predicted molar refractivity (Wildman–Crippen MR) is 83.8 cm³/mol. The molecular weight excluding hydrogens is 248 g/mol. The normalized spacial score (nSPS) is 41.7. The van der Waals surface area contributed by atoms with Gasteiger partial charge in [-0.25, -0.2) is 0 Å². The lowest BCUT2D eigenvalue weighted by Crippen LogP contribution is -2.70. The van der Waals surface area contributed by atoms with E-state index in [4.69, 9.17) is 5.73 Å². The van der Waals surface area contributed by atoms with E-state index in [1.807, 2.05) is 0 Å². The van der Waals surface area contributed by atoms with E-state index in [9.17, 15) is 0 Å². The molecule has 4 rings (SSSR count). The highest BCUT2D eigenvalue weighted by atomic mass is 15.3. The molecule has 2 bridgehead atoms. The Labute approximate surface area is 124 Å². The first-order valence-corrected chi connectivity index (χ1v) is 8.57. The van der Waals surface area contributed by atoms with Gasteiger partial charge in [0.2, 0.25) is 0 Å². The van der Waals surface area contributed by atoms with Gasteiger partial charge in [-0.2, -0.15) is 0 Å². The average Bonchev–Trinajstić information content (AvgIpc) is 2.95. The number of likely N-dealkylation sites (tertiary alicyclic amines) is 1. The zero-order valence-corrected chi connectivity index (χ0v) is 13.4. The van der Waals surface area contributed by atoms with Gasteiger partial charge in [-0.05, 0) is 64.8 Å². The number of piperidine rings is 3. The summed E-state index contributed by atoms with van der Waals surface area (Å²) in [5.41, 5.74) is 6.53. The van der Waals surface area contributed by atoms with E-state index in [0.29, 0.717) is 0 Å². The molecule has 0 aromatic carbocycles. The summed E-state index contributed by atoms with van der Waals surface area (Å²) in [5, 5.41) is 0. The maximum absolute atomic E-state index is 6.29. The SMILES string of the molecule is CCN1CCCC1CN(C)C1(CN)CN2CCC1CC2. The molecule has 4 aliphatic rings. The molecule has 4 saturated heterocycles. The van der Waals surface area contributed by atoms with Gasteiger partial charge in [-0.1, -0.05) is 6.92 Å². The van der Waals surface area contributed by atoms with Crippen LogP contribution in [0.4, 0.5) is 0 Å². The van der Waals surface area contributed by atoms with E-state index in [1.54, 1.807) is 0 Å². The van der Waals surface area contributed by atoms with Gasteiger partial charge in [0.25, 0.3) is 0 Å². The van der Waals surface area contributed by atoms with Gasteiger partial charge in [0.05, 0.1) is 0 Å². The number of nitrogens with two attached hydrogens (primary N) is 1. The van der Waals surface area contributed by atoms with Gasteiger partial charge < -0.3 is 10.6 Å². The molecule has 2 N–H and O–H groups in total. The lowest BCUT2D eigenvalue weighted by molar-refractivity contribution is -0.0622. The standard InChI is InChI=1S/C16H32N4/c1-3-20-8-4-5-15(20)11-18(2)16(12-17)13-19-9-6-14(16)7-10-19/h14-15H,3-13,17H2,1-2H3. The number of rotatable bonds is 5. The summed E-state index contributed by atoms with van der Waals surface area (Å²) in [6.07, 6.45) is 5.44. The second kappa shape index (κ2) is 5.91. The van der Waals surface area contributed by atoms with Crippen LogP contribution < -0.4 is 5.73 Å². The van der Waals surface area contributed by atoms with Crippen molar-refractivity contribution in [3.63, 3.8) is 0 Å². The van der Waals surface area contributed by atoms with Crippen molar-refractivity contribution in [3.8, 4) is 0 Å². The molecule has 4 nitrogen and oxygen atoms in total. The Hall–Kier alpha value is -0.160. The Morgan fingerprint density at radius 2 is 1.95 bits per heavy atom. The maximum atomic E-state index is 6.29. The molecule has 0 aromatic rings. The predicted octanol–water partition coefficient (Wildman–Crippen LogP) is 0.826. The van der Waals surface area contributed by atoms with E-state index >= 15 is 0 Å². The number of hydrogen-bond donors (Lipinski definition) is 1.